The van der Waals surface area contributed by atoms with Crippen LogP contribution in [-0.2, 0) is 32.6 Å². The van der Waals surface area contributed by atoms with Crippen LogP contribution in [0, 0.1) is 5.92 Å². The average molecular weight is 683 g/mol. The zero-order valence-corrected chi connectivity index (χ0v) is 28.2. The van der Waals surface area contributed by atoms with Crippen molar-refractivity contribution in [1.82, 2.24) is 10.2 Å². The molecule has 0 spiro atoms. The fourth-order valence-electron chi connectivity index (χ4n) is 4.83. The summed E-state index contributed by atoms with van der Waals surface area (Å²) >= 11 is 12.5. The molecule has 0 heterocycles. The molecule has 1 N–H and O–H groups in total. The largest absolute Gasteiger partial charge is 0.497 e. The van der Waals surface area contributed by atoms with Crippen molar-refractivity contribution in [2.24, 2.45) is 5.92 Å². The Labute approximate surface area is 280 Å². The quantitative estimate of drug-likeness (QED) is 0.162. The maximum atomic E-state index is 14.5. The Balaban J connectivity index is 1.82. The zero-order valence-electron chi connectivity index (χ0n) is 25.9. The average Bonchev–Trinajstić information content (AvgIpc) is 3.06. The number of nitrogens with zero attached hydrogens (tertiary/aromatic N) is 2. The van der Waals surface area contributed by atoms with E-state index in [9.17, 15) is 18.0 Å². The van der Waals surface area contributed by atoms with Crippen molar-refractivity contribution >= 4 is 50.7 Å². The third-order valence-electron chi connectivity index (χ3n) is 7.24. The first-order valence-electron chi connectivity index (χ1n) is 14.8. The van der Waals surface area contributed by atoms with Crippen molar-refractivity contribution in [1.29, 1.82) is 0 Å². The molecule has 0 aliphatic rings. The number of carbonyl (C=O) groups excluding carboxylic acids is 2. The van der Waals surface area contributed by atoms with Crippen LogP contribution in [0.5, 0.6) is 5.75 Å². The van der Waals surface area contributed by atoms with Crippen molar-refractivity contribution < 1.29 is 22.7 Å². The van der Waals surface area contributed by atoms with E-state index < -0.39 is 28.5 Å². The first-order chi connectivity index (χ1) is 22.0. The highest BCUT2D eigenvalue weighted by Crippen LogP contribution is 2.31. The Morgan fingerprint density at radius 2 is 1.48 bits per heavy atom. The van der Waals surface area contributed by atoms with E-state index in [-0.39, 0.29) is 45.4 Å². The minimum atomic E-state index is -4.26. The predicted molar refractivity (Wildman–Crippen MR) is 183 cm³/mol. The van der Waals surface area contributed by atoms with E-state index >= 15 is 0 Å². The number of anilines is 1. The van der Waals surface area contributed by atoms with E-state index in [0.717, 1.165) is 9.87 Å². The molecule has 0 unspecified atom stereocenters. The standard InChI is InChI=1S/C35H37Cl2N3O5S/c1-25(2)22-38-35(42)33(20-26-11-6-4-7-12-26)39(23-27-13-10-14-29(19-27)45-3)34(41)24-40(28-17-18-31(36)32(37)21-28)46(43,44)30-15-8-5-9-16-30/h4-19,21,25,33H,20,22-24H2,1-3H3,(H,38,42)/t33-/m1/s1. The molecule has 0 bridgehead atoms. The van der Waals surface area contributed by atoms with Gasteiger partial charge in [0.25, 0.3) is 10.0 Å². The lowest BCUT2D eigenvalue weighted by Crippen LogP contribution is -2.53. The van der Waals surface area contributed by atoms with E-state index in [2.05, 4.69) is 5.32 Å². The molecular formula is C35H37Cl2N3O5S. The maximum Gasteiger partial charge on any atom is 0.264 e. The minimum Gasteiger partial charge on any atom is -0.497 e. The Hall–Kier alpha value is -4.05. The first-order valence-corrected chi connectivity index (χ1v) is 17.0. The number of carbonyl (C=O) groups is 2. The molecule has 1 atom stereocenters. The molecule has 0 saturated carbocycles. The third-order valence-corrected chi connectivity index (χ3v) is 9.77. The monoisotopic (exact) mass is 681 g/mol. The molecule has 4 aromatic rings. The number of hydrogen-bond donors (Lipinski definition) is 1. The van der Waals surface area contributed by atoms with Crippen LogP contribution in [0.25, 0.3) is 0 Å². The second-order valence-electron chi connectivity index (χ2n) is 11.1. The molecule has 0 radical (unpaired) electrons. The highest BCUT2D eigenvalue weighted by atomic mass is 35.5. The van der Waals surface area contributed by atoms with Gasteiger partial charge in [-0.3, -0.25) is 13.9 Å². The minimum absolute atomic E-state index is 0.0104. The van der Waals surface area contributed by atoms with Gasteiger partial charge in [0.2, 0.25) is 11.8 Å². The second kappa shape index (κ2) is 16.0. The summed E-state index contributed by atoms with van der Waals surface area (Å²) in [4.78, 5) is 29.8. The molecule has 11 heteroatoms. The van der Waals surface area contributed by atoms with Gasteiger partial charge in [0.05, 0.1) is 27.7 Å². The van der Waals surface area contributed by atoms with E-state index in [1.165, 1.54) is 35.2 Å². The van der Waals surface area contributed by atoms with E-state index in [4.69, 9.17) is 27.9 Å². The number of sulfonamides is 1. The van der Waals surface area contributed by atoms with Gasteiger partial charge in [-0.25, -0.2) is 8.42 Å². The van der Waals surface area contributed by atoms with Crippen molar-refractivity contribution in [2.45, 2.75) is 37.8 Å². The van der Waals surface area contributed by atoms with Gasteiger partial charge in [-0.05, 0) is 59.5 Å². The van der Waals surface area contributed by atoms with Gasteiger partial charge in [0.15, 0.2) is 0 Å². The normalized spacial score (nSPS) is 12.0. The summed E-state index contributed by atoms with van der Waals surface area (Å²) in [5.41, 5.74) is 1.69. The Bertz CT molecular complexity index is 1740. The number of methoxy groups -OCH3 is 1. The van der Waals surface area contributed by atoms with Gasteiger partial charge >= 0.3 is 0 Å². The molecule has 0 aliphatic heterocycles. The number of halogens is 2. The van der Waals surface area contributed by atoms with Crippen LogP contribution in [0.15, 0.2) is 108 Å². The van der Waals surface area contributed by atoms with Gasteiger partial charge in [-0.1, -0.05) is 97.7 Å². The molecule has 0 aromatic heterocycles. The number of benzene rings is 4. The predicted octanol–water partition coefficient (Wildman–Crippen LogP) is 6.61. The first kappa shape index (κ1) is 34.8. The molecular weight excluding hydrogens is 645 g/mol. The van der Waals surface area contributed by atoms with Crippen LogP contribution in [0.1, 0.15) is 25.0 Å². The topological polar surface area (TPSA) is 96.0 Å². The van der Waals surface area contributed by atoms with Crippen molar-refractivity contribution in [2.75, 3.05) is 24.5 Å². The molecule has 242 valence electrons. The smallest absolute Gasteiger partial charge is 0.264 e. The lowest BCUT2D eigenvalue weighted by Gasteiger charge is -2.34. The molecule has 8 nitrogen and oxygen atoms in total. The summed E-state index contributed by atoms with van der Waals surface area (Å²) < 4.78 is 34.6. The molecule has 0 fully saturated rings. The molecule has 0 saturated heterocycles. The summed E-state index contributed by atoms with van der Waals surface area (Å²) in [6, 6.07) is 27.8. The summed E-state index contributed by atoms with van der Waals surface area (Å²) in [6.45, 7) is 3.78. The maximum absolute atomic E-state index is 14.5. The number of amides is 2. The highest BCUT2D eigenvalue weighted by molar-refractivity contribution is 7.92. The fraction of sp³-hybridized carbons (Fsp3) is 0.257. The van der Waals surface area contributed by atoms with Gasteiger partial charge in [0.1, 0.15) is 18.3 Å². The van der Waals surface area contributed by atoms with Crippen LogP contribution in [0.2, 0.25) is 10.0 Å². The summed E-state index contributed by atoms with van der Waals surface area (Å²) in [6.07, 6.45) is 0.207. The SMILES string of the molecule is COc1cccc(CN(C(=O)CN(c2ccc(Cl)c(Cl)c2)S(=O)(=O)c2ccccc2)[C@H](Cc2ccccc2)C(=O)NCC(C)C)c1. The number of nitrogens with one attached hydrogen (secondary N) is 1. The second-order valence-corrected chi connectivity index (χ2v) is 13.8. The van der Waals surface area contributed by atoms with Crippen LogP contribution in [0.4, 0.5) is 5.69 Å². The van der Waals surface area contributed by atoms with Gasteiger partial charge in [-0.15, -0.1) is 0 Å². The van der Waals surface area contributed by atoms with E-state index in [0.29, 0.717) is 17.9 Å². The lowest BCUT2D eigenvalue weighted by molar-refractivity contribution is -0.140. The van der Waals surface area contributed by atoms with Crippen molar-refractivity contribution in [3.05, 3.63) is 124 Å². The zero-order chi connectivity index (χ0) is 33.3. The van der Waals surface area contributed by atoms with Gasteiger partial charge in [0, 0.05) is 19.5 Å². The van der Waals surface area contributed by atoms with Crippen LogP contribution in [-0.4, -0.2) is 51.4 Å². The van der Waals surface area contributed by atoms with E-state index in [1.54, 1.807) is 43.5 Å². The summed E-state index contributed by atoms with van der Waals surface area (Å²) in [7, 11) is -2.71. The molecule has 4 rings (SSSR count). The van der Waals surface area contributed by atoms with Gasteiger partial charge in [-0.2, -0.15) is 0 Å². The number of hydrogen-bond acceptors (Lipinski definition) is 5. The lowest BCUT2D eigenvalue weighted by atomic mass is 10.0. The molecule has 2 amide bonds. The van der Waals surface area contributed by atoms with Crippen LogP contribution < -0.4 is 14.4 Å². The molecule has 46 heavy (non-hydrogen) atoms. The molecule has 4 aromatic carbocycles. The van der Waals surface area contributed by atoms with Crippen molar-refractivity contribution in [3.63, 3.8) is 0 Å². The molecule has 0 aliphatic carbocycles. The van der Waals surface area contributed by atoms with Crippen LogP contribution >= 0.6 is 23.2 Å². The Morgan fingerprint density at radius 3 is 2.11 bits per heavy atom. The Kier molecular flexibility index (Phi) is 12.1. The summed E-state index contributed by atoms with van der Waals surface area (Å²) in [5, 5.41) is 3.34. The third kappa shape index (κ3) is 9.02. The van der Waals surface area contributed by atoms with E-state index in [1.807, 2.05) is 50.2 Å². The number of rotatable bonds is 14. The highest BCUT2D eigenvalue weighted by Gasteiger charge is 2.35. The van der Waals surface area contributed by atoms with Crippen LogP contribution in [0.3, 0.4) is 0 Å². The van der Waals surface area contributed by atoms with Gasteiger partial charge < -0.3 is 15.0 Å². The number of ether oxygens (including phenoxy) is 1. The Morgan fingerprint density at radius 1 is 0.826 bits per heavy atom. The summed E-state index contributed by atoms with van der Waals surface area (Å²) in [5.74, 6) is -0.183. The van der Waals surface area contributed by atoms with Crippen molar-refractivity contribution in [3.8, 4) is 5.75 Å². The fourth-order valence-corrected chi connectivity index (χ4v) is 6.55.